The number of anilines is 1. The molecule has 1 rings (SSSR count). The SMILES string of the molecule is CC(OCCO)N(CC(O)C(O)C(O)CO)C(=O)c1c(I)c(NC(=O)CN)c(I)c(C(=O)N(CC(O)C(O)C(O)CO)C(C)OCCO)c1I. The minimum absolute atomic E-state index is 0.0215. The third-order valence-corrected chi connectivity index (χ3v) is 10.4. The first kappa shape index (κ1) is 47.3. The lowest BCUT2D eigenvalue weighted by atomic mass is 10.0. The van der Waals surface area contributed by atoms with E-state index in [0.29, 0.717) is 0 Å². The van der Waals surface area contributed by atoms with Gasteiger partial charge in [0.25, 0.3) is 11.8 Å². The Morgan fingerprint density at radius 3 is 1.34 bits per heavy atom. The summed E-state index contributed by atoms with van der Waals surface area (Å²) in [7, 11) is 0. The van der Waals surface area contributed by atoms with Crippen molar-refractivity contribution in [1.29, 1.82) is 0 Å². The number of ether oxygens (including phenoxy) is 2. The van der Waals surface area contributed by atoms with Crippen molar-refractivity contribution < 1.29 is 74.9 Å². The zero-order chi connectivity index (χ0) is 38.5. The first-order valence-electron chi connectivity index (χ1n) is 15.0. The molecule has 288 valence electrons. The number of aliphatic hydroxyl groups is 10. The molecule has 3 amide bonds. The number of amides is 3. The number of nitrogens with one attached hydrogen (secondary N) is 1. The molecule has 19 nitrogen and oxygen atoms in total. The van der Waals surface area contributed by atoms with E-state index in [4.69, 9.17) is 15.2 Å². The van der Waals surface area contributed by atoms with Crippen LogP contribution in [0.1, 0.15) is 34.6 Å². The topological polar surface area (TPSA) is 317 Å². The monoisotopic (exact) mass is 1060 g/mol. The van der Waals surface area contributed by atoms with Gasteiger partial charge < -0.3 is 81.4 Å². The van der Waals surface area contributed by atoms with Crippen LogP contribution in [0.5, 0.6) is 0 Å². The molecule has 0 radical (unpaired) electrons. The number of nitrogens with two attached hydrogens (primary N) is 1. The molecular weight excluding hydrogens is 1010 g/mol. The molecular formula is C28H45I3N4O15. The van der Waals surface area contributed by atoms with E-state index in [1.165, 1.54) is 13.8 Å². The smallest absolute Gasteiger partial charge is 0.258 e. The number of carbonyl (C=O) groups excluding carboxylic acids is 3. The van der Waals surface area contributed by atoms with Gasteiger partial charge in [-0.3, -0.25) is 14.4 Å². The van der Waals surface area contributed by atoms with Crippen molar-refractivity contribution in [3.8, 4) is 0 Å². The van der Waals surface area contributed by atoms with Crippen LogP contribution in [0.4, 0.5) is 5.69 Å². The molecule has 1 aromatic rings. The Labute approximate surface area is 328 Å². The summed E-state index contributed by atoms with van der Waals surface area (Å²) in [6.45, 7) is -2.33. The van der Waals surface area contributed by atoms with Crippen molar-refractivity contribution in [1.82, 2.24) is 9.80 Å². The minimum Gasteiger partial charge on any atom is -0.394 e. The average molecular weight is 1060 g/mol. The van der Waals surface area contributed by atoms with E-state index in [-0.39, 0.29) is 40.7 Å². The molecule has 0 saturated heterocycles. The number of halogens is 3. The van der Waals surface area contributed by atoms with E-state index in [0.717, 1.165) is 9.80 Å². The zero-order valence-corrected chi connectivity index (χ0v) is 33.6. The predicted molar refractivity (Wildman–Crippen MR) is 200 cm³/mol. The van der Waals surface area contributed by atoms with E-state index < -0.39 is 113 Å². The van der Waals surface area contributed by atoms with Crippen LogP contribution in [0.15, 0.2) is 0 Å². The van der Waals surface area contributed by atoms with Gasteiger partial charge in [0.1, 0.15) is 49.1 Å². The molecule has 22 heteroatoms. The van der Waals surface area contributed by atoms with Crippen LogP contribution in [0, 0.1) is 10.7 Å². The fraction of sp³-hybridized carbons (Fsp3) is 0.679. The molecule has 0 aliphatic heterocycles. The fourth-order valence-electron chi connectivity index (χ4n) is 4.39. The molecule has 0 aliphatic carbocycles. The molecule has 0 aromatic heterocycles. The highest BCUT2D eigenvalue weighted by Crippen LogP contribution is 2.38. The van der Waals surface area contributed by atoms with Gasteiger partial charge in [-0.15, -0.1) is 0 Å². The Morgan fingerprint density at radius 1 is 0.680 bits per heavy atom. The average Bonchev–Trinajstić information content (AvgIpc) is 3.10. The van der Waals surface area contributed by atoms with Gasteiger partial charge in [-0.1, -0.05) is 0 Å². The van der Waals surface area contributed by atoms with Crippen molar-refractivity contribution >= 4 is 91.2 Å². The highest BCUT2D eigenvalue weighted by Gasteiger charge is 2.38. The number of hydrogen-bond donors (Lipinski definition) is 12. The lowest BCUT2D eigenvalue weighted by Crippen LogP contribution is -2.51. The Hall–Kier alpha value is -0.700. The largest absolute Gasteiger partial charge is 0.394 e. The molecule has 0 fully saturated rings. The number of aliphatic hydroxyl groups excluding tert-OH is 10. The summed E-state index contributed by atoms with van der Waals surface area (Å²) < 4.78 is 11.2. The summed E-state index contributed by atoms with van der Waals surface area (Å²) in [5.41, 5.74) is 5.06. The van der Waals surface area contributed by atoms with Gasteiger partial charge >= 0.3 is 0 Å². The van der Waals surface area contributed by atoms with Crippen LogP contribution in [-0.2, 0) is 14.3 Å². The molecule has 1 aromatic carbocycles. The van der Waals surface area contributed by atoms with Crippen LogP contribution in [0.3, 0.4) is 0 Å². The summed E-state index contributed by atoms with van der Waals surface area (Å²) in [6, 6.07) is 0. The maximum absolute atomic E-state index is 14.4. The second-order valence-electron chi connectivity index (χ2n) is 10.7. The number of carbonyl (C=O) groups is 3. The number of hydrogen-bond acceptors (Lipinski definition) is 16. The number of rotatable bonds is 22. The molecule has 8 atom stereocenters. The molecule has 0 aliphatic rings. The van der Waals surface area contributed by atoms with Gasteiger partial charge in [0.15, 0.2) is 0 Å². The van der Waals surface area contributed by atoms with Gasteiger partial charge in [0, 0.05) is 3.57 Å². The molecule has 50 heavy (non-hydrogen) atoms. The van der Waals surface area contributed by atoms with Crippen LogP contribution in [0.25, 0.3) is 0 Å². The lowest BCUT2D eigenvalue weighted by molar-refractivity contribution is -0.114. The van der Waals surface area contributed by atoms with Gasteiger partial charge in [-0.05, 0) is 81.6 Å². The van der Waals surface area contributed by atoms with Crippen molar-refractivity contribution in [3.05, 3.63) is 21.8 Å². The molecule has 8 unspecified atom stereocenters. The molecule has 0 heterocycles. The number of nitrogens with zero attached hydrogens (tertiary/aromatic N) is 2. The number of benzene rings is 1. The van der Waals surface area contributed by atoms with Crippen molar-refractivity contribution in [2.45, 2.75) is 62.9 Å². The summed E-state index contributed by atoms with van der Waals surface area (Å²) in [5, 5.41) is 102. The first-order chi connectivity index (χ1) is 23.4. The van der Waals surface area contributed by atoms with Crippen LogP contribution >= 0.6 is 67.8 Å². The van der Waals surface area contributed by atoms with E-state index in [9.17, 15) is 65.4 Å². The standard InChI is InChI=1S/C28H45I3N4O15/c1-12(49-5-3-36)34(8-14(40)25(45)16(42)10-38)27(47)19-21(29)20(23(31)24(22(19)30)33-18(44)7-32)28(48)35(13(2)50-6-4-37)9-15(41)26(46)17(43)11-39/h12-17,25-26,36-43,45-46H,3-11,32H2,1-2H3,(H,33,44). The maximum atomic E-state index is 14.4. The summed E-state index contributed by atoms with van der Waals surface area (Å²) in [5.74, 6) is -2.54. The Kier molecular flexibility index (Phi) is 21.9. The first-order valence-corrected chi connectivity index (χ1v) is 18.3. The third-order valence-electron chi connectivity index (χ3n) is 7.21. The quantitative estimate of drug-likeness (QED) is 0.0391. The fourth-order valence-corrected chi connectivity index (χ4v) is 8.75. The zero-order valence-electron chi connectivity index (χ0n) is 27.1. The summed E-state index contributed by atoms with van der Waals surface area (Å²) in [6.07, 6.45) is -13.4. The van der Waals surface area contributed by atoms with Crippen LogP contribution in [-0.4, -0.2) is 187 Å². The van der Waals surface area contributed by atoms with Crippen LogP contribution in [0.2, 0.25) is 0 Å². The van der Waals surface area contributed by atoms with Crippen LogP contribution < -0.4 is 11.1 Å². The Bertz CT molecular complexity index is 1190. The molecule has 0 bridgehead atoms. The van der Waals surface area contributed by atoms with Gasteiger partial charge in [-0.2, -0.15) is 0 Å². The van der Waals surface area contributed by atoms with E-state index in [1.54, 1.807) is 67.8 Å². The summed E-state index contributed by atoms with van der Waals surface area (Å²) >= 11 is 5.22. The molecule has 0 saturated carbocycles. The normalized spacial score (nSPS) is 16.5. The third kappa shape index (κ3) is 12.7. The molecule has 0 spiro atoms. The van der Waals surface area contributed by atoms with E-state index in [2.05, 4.69) is 5.32 Å². The predicted octanol–water partition coefficient (Wildman–Crippen LogP) is -3.86. The maximum Gasteiger partial charge on any atom is 0.258 e. The lowest BCUT2D eigenvalue weighted by Gasteiger charge is -2.35. The molecule has 13 N–H and O–H groups in total. The van der Waals surface area contributed by atoms with Crippen molar-refractivity contribution in [2.75, 3.05) is 64.6 Å². The second-order valence-corrected chi connectivity index (χ2v) is 14.0. The minimum atomic E-state index is -1.91. The van der Waals surface area contributed by atoms with E-state index in [1.807, 2.05) is 0 Å². The van der Waals surface area contributed by atoms with Gasteiger partial charge in [-0.25, -0.2) is 0 Å². The van der Waals surface area contributed by atoms with Gasteiger partial charge in [0.2, 0.25) is 5.91 Å². The second kappa shape index (κ2) is 23.2. The Balaban J connectivity index is 4.05. The van der Waals surface area contributed by atoms with Crippen molar-refractivity contribution in [3.63, 3.8) is 0 Å². The Morgan fingerprint density at radius 2 is 1.04 bits per heavy atom. The van der Waals surface area contributed by atoms with Gasteiger partial charge in [0.05, 0.1) is 83.2 Å². The highest BCUT2D eigenvalue weighted by molar-refractivity contribution is 14.1. The van der Waals surface area contributed by atoms with Crippen molar-refractivity contribution in [2.24, 2.45) is 5.73 Å². The van der Waals surface area contributed by atoms with E-state index >= 15 is 0 Å². The summed E-state index contributed by atoms with van der Waals surface area (Å²) in [4.78, 5) is 43.3. The highest BCUT2D eigenvalue weighted by atomic mass is 127.